The van der Waals surface area contributed by atoms with Gasteiger partial charge in [0, 0.05) is 19.5 Å². The van der Waals surface area contributed by atoms with E-state index in [1.54, 1.807) is 19.0 Å². The van der Waals surface area contributed by atoms with Gasteiger partial charge in [0.05, 0.1) is 6.34 Å². The van der Waals surface area contributed by atoms with E-state index >= 15 is 0 Å². The van der Waals surface area contributed by atoms with Crippen molar-refractivity contribution >= 4 is 34.5 Å². The van der Waals surface area contributed by atoms with Gasteiger partial charge in [-0.1, -0.05) is 5.16 Å². The number of aliphatic carboxylic acids is 1. The van der Waals surface area contributed by atoms with Crippen molar-refractivity contribution in [2.24, 2.45) is 10.1 Å². The molecule has 0 amide bonds. The Morgan fingerprint density at radius 2 is 2.20 bits per heavy atom. The number of oxime groups is 1. The number of halogens is 3. The molecule has 0 saturated carbocycles. The Labute approximate surface area is 115 Å². The normalized spacial score (nSPS) is 12.8. The average Bonchev–Trinajstić information content (AvgIpc) is 2.73. The molecule has 110 valence electrons. The van der Waals surface area contributed by atoms with E-state index in [1.807, 2.05) is 0 Å². The SMILES string of the molecule is CN(C)/C=N/c1nc(/C(=N\OC(F)(F)F)C(=O)O)cs1. The van der Waals surface area contributed by atoms with Gasteiger partial charge in [-0.3, -0.25) is 4.84 Å². The minimum Gasteiger partial charge on any atom is -0.476 e. The first kappa shape index (κ1) is 15.9. The number of rotatable bonds is 5. The fourth-order valence-corrected chi connectivity index (χ4v) is 1.53. The lowest BCUT2D eigenvalue weighted by molar-refractivity contribution is -0.325. The van der Waals surface area contributed by atoms with Crippen molar-refractivity contribution in [2.75, 3.05) is 14.1 Å². The number of thiazole rings is 1. The van der Waals surface area contributed by atoms with Gasteiger partial charge in [-0.25, -0.2) is 14.8 Å². The Balaban J connectivity index is 2.97. The summed E-state index contributed by atoms with van der Waals surface area (Å²) in [5.74, 6) is -1.69. The van der Waals surface area contributed by atoms with Gasteiger partial charge in [0.1, 0.15) is 5.69 Å². The van der Waals surface area contributed by atoms with Gasteiger partial charge in [-0.05, 0) is 0 Å². The highest BCUT2D eigenvalue weighted by Gasteiger charge is 2.32. The molecule has 0 aliphatic heterocycles. The van der Waals surface area contributed by atoms with E-state index < -0.39 is 18.0 Å². The smallest absolute Gasteiger partial charge is 0.476 e. The van der Waals surface area contributed by atoms with Crippen LogP contribution in [0.15, 0.2) is 15.5 Å². The molecule has 0 unspecified atom stereocenters. The lowest BCUT2D eigenvalue weighted by Crippen LogP contribution is -2.18. The van der Waals surface area contributed by atoms with Crippen LogP contribution in [-0.2, 0) is 9.63 Å². The van der Waals surface area contributed by atoms with E-state index in [0.29, 0.717) is 0 Å². The van der Waals surface area contributed by atoms with Gasteiger partial charge in [0.25, 0.3) is 0 Å². The third-order valence-electron chi connectivity index (χ3n) is 1.58. The molecule has 1 N–H and O–H groups in total. The van der Waals surface area contributed by atoms with Crippen molar-refractivity contribution in [2.45, 2.75) is 6.36 Å². The summed E-state index contributed by atoms with van der Waals surface area (Å²) in [6.45, 7) is 0. The maximum absolute atomic E-state index is 11.8. The average molecular weight is 310 g/mol. The maximum atomic E-state index is 11.8. The maximum Gasteiger partial charge on any atom is 0.593 e. The van der Waals surface area contributed by atoms with Crippen LogP contribution in [0.3, 0.4) is 0 Å². The van der Waals surface area contributed by atoms with E-state index in [1.165, 1.54) is 11.7 Å². The monoisotopic (exact) mass is 310 g/mol. The van der Waals surface area contributed by atoms with Crippen LogP contribution in [-0.4, -0.2) is 53.5 Å². The summed E-state index contributed by atoms with van der Waals surface area (Å²) < 4.78 is 35.5. The van der Waals surface area contributed by atoms with Crippen molar-refractivity contribution in [3.8, 4) is 0 Å². The van der Waals surface area contributed by atoms with Crippen LogP contribution < -0.4 is 0 Å². The summed E-state index contributed by atoms with van der Waals surface area (Å²) in [5, 5.41) is 12.7. The highest BCUT2D eigenvalue weighted by atomic mass is 32.1. The third-order valence-corrected chi connectivity index (χ3v) is 2.33. The number of carboxylic acids is 1. The van der Waals surface area contributed by atoms with Crippen LogP contribution >= 0.6 is 11.3 Å². The molecule has 0 spiro atoms. The van der Waals surface area contributed by atoms with Crippen LogP contribution in [0.25, 0.3) is 0 Å². The minimum atomic E-state index is -5.07. The molecule has 0 fully saturated rings. The Morgan fingerprint density at radius 3 is 2.70 bits per heavy atom. The number of aromatic nitrogens is 1. The molecular weight excluding hydrogens is 301 g/mol. The lowest BCUT2D eigenvalue weighted by Gasteiger charge is -2.02. The van der Waals surface area contributed by atoms with Gasteiger partial charge in [-0.15, -0.1) is 24.5 Å². The van der Waals surface area contributed by atoms with Crippen LogP contribution in [0.4, 0.5) is 18.3 Å². The van der Waals surface area contributed by atoms with Gasteiger partial charge >= 0.3 is 12.3 Å². The molecule has 1 heterocycles. The second-order valence-electron chi connectivity index (χ2n) is 3.51. The molecule has 1 rings (SSSR count). The number of aliphatic imine (C=N–C) groups is 1. The summed E-state index contributed by atoms with van der Waals surface area (Å²) >= 11 is 0.954. The number of hydrogen-bond acceptors (Lipinski definition) is 6. The lowest BCUT2D eigenvalue weighted by atomic mass is 10.3. The molecule has 0 aromatic carbocycles. The summed E-state index contributed by atoms with van der Waals surface area (Å²) in [4.78, 5) is 23.2. The topological polar surface area (TPSA) is 87.4 Å². The highest BCUT2D eigenvalue weighted by Crippen LogP contribution is 2.21. The summed E-state index contributed by atoms with van der Waals surface area (Å²) in [5.41, 5.74) is -1.22. The predicted molar refractivity (Wildman–Crippen MR) is 65.3 cm³/mol. The van der Waals surface area contributed by atoms with E-state index in [4.69, 9.17) is 5.11 Å². The predicted octanol–water partition coefficient (Wildman–Crippen LogP) is 1.69. The number of carbonyl (C=O) groups is 1. The Morgan fingerprint density at radius 1 is 1.55 bits per heavy atom. The number of nitrogens with zero attached hydrogens (tertiary/aromatic N) is 4. The molecule has 11 heteroatoms. The number of carboxylic acid groups (broad SMARTS) is 1. The molecule has 7 nitrogen and oxygen atoms in total. The summed E-state index contributed by atoms with van der Waals surface area (Å²) in [6, 6.07) is 0. The molecule has 0 radical (unpaired) electrons. The molecule has 1 aromatic rings. The number of hydrogen-bond donors (Lipinski definition) is 1. The zero-order chi connectivity index (χ0) is 15.3. The highest BCUT2D eigenvalue weighted by molar-refractivity contribution is 7.13. The van der Waals surface area contributed by atoms with E-state index in [9.17, 15) is 18.0 Å². The molecule has 0 saturated heterocycles. The standard InChI is InChI=1S/C9H9F3N4O3S/c1-16(2)4-13-8-14-5(3-20-8)6(7(17)18)15-19-9(10,11)12/h3-4H,1-2H3,(H,17,18)/b13-4+,15-6+. The van der Waals surface area contributed by atoms with E-state index in [-0.39, 0.29) is 10.8 Å². The summed E-state index contributed by atoms with van der Waals surface area (Å²) in [6.07, 6.45) is -3.66. The first-order chi connectivity index (χ1) is 9.19. The van der Waals surface area contributed by atoms with Crippen molar-refractivity contribution in [3.63, 3.8) is 0 Å². The van der Waals surface area contributed by atoms with Crippen LogP contribution in [0.5, 0.6) is 0 Å². The van der Waals surface area contributed by atoms with Crippen LogP contribution in [0, 0.1) is 0 Å². The first-order valence-electron chi connectivity index (χ1n) is 4.92. The Kier molecular flexibility index (Phi) is 5.02. The van der Waals surface area contributed by atoms with Gasteiger partial charge in [-0.2, -0.15) is 0 Å². The first-order valence-corrected chi connectivity index (χ1v) is 5.79. The summed E-state index contributed by atoms with van der Waals surface area (Å²) in [7, 11) is 3.42. The van der Waals surface area contributed by atoms with E-state index in [0.717, 1.165) is 11.3 Å². The largest absolute Gasteiger partial charge is 0.593 e. The van der Waals surface area contributed by atoms with Crippen LogP contribution in [0.1, 0.15) is 5.69 Å². The second kappa shape index (κ2) is 6.32. The molecule has 0 aliphatic carbocycles. The van der Waals surface area contributed by atoms with Crippen molar-refractivity contribution in [1.29, 1.82) is 0 Å². The Hall–Kier alpha value is -2.17. The fraction of sp³-hybridized carbons (Fsp3) is 0.333. The van der Waals surface area contributed by atoms with Crippen molar-refractivity contribution < 1.29 is 27.9 Å². The van der Waals surface area contributed by atoms with Crippen LogP contribution in [0.2, 0.25) is 0 Å². The quantitative estimate of drug-likeness (QED) is 0.508. The molecule has 0 atom stereocenters. The molecule has 0 aliphatic rings. The third kappa shape index (κ3) is 5.22. The number of alkyl halides is 3. The zero-order valence-corrected chi connectivity index (χ0v) is 11.1. The minimum absolute atomic E-state index is 0.176. The molecule has 0 bridgehead atoms. The molecule has 1 aromatic heterocycles. The van der Waals surface area contributed by atoms with Gasteiger partial charge in [0.2, 0.25) is 10.8 Å². The fourth-order valence-electron chi connectivity index (χ4n) is 0.890. The van der Waals surface area contributed by atoms with Gasteiger partial charge in [0.15, 0.2) is 0 Å². The molecule has 20 heavy (non-hydrogen) atoms. The Bertz CT molecular complexity index is 539. The van der Waals surface area contributed by atoms with Gasteiger partial charge < -0.3 is 10.0 Å². The van der Waals surface area contributed by atoms with E-state index in [2.05, 4.69) is 20.0 Å². The zero-order valence-electron chi connectivity index (χ0n) is 10.2. The molecular formula is C9H9F3N4O3S. The van der Waals surface area contributed by atoms with Crippen molar-refractivity contribution in [3.05, 3.63) is 11.1 Å². The second-order valence-corrected chi connectivity index (χ2v) is 4.34. The van der Waals surface area contributed by atoms with Crippen molar-refractivity contribution in [1.82, 2.24) is 9.88 Å².